The van der Waals surface area contributed by atoms with E-state index in [1.54, 1.807) is 18.2 Å². The highest BCUT2D eigenvalue weighted by atomic mass is 19.3. The summed E-state index contributed by atoms with van der Waals surface area (Å²) in [6, 6.07) is 6.77. The maximum absolute atomic E-state index is 13.6. The number of benzene rings is 1. The number of piperazine rings is 1. The van der Waals surface area contributed by atoms with Crippen molar-refractivity contribution in [3.8, 4) is 0 Å². The number of rotatable bonds is 4. The Balaban J connectivity index is 1.53. The van der Waals surface area contributed by atoms with Crippen LogP contribution in [0.15, 0.2) is 24.3 Å². The summed E-state index contributed by atoms with van der Waals surface area (Å²) in [4.78, 5) is 20.7. The molecule has 1 saturated carbocycles. The smallest absolute Gasteiger partial charge is 0.320 e. The van der Waals surface area contributed by atoms with Crippen LogP contribution in [0.3, 0.4) is 0 Å². The van der Waals surface area contributed by atoms with Gasteiger partial charge in [0.1, 0.15) is 5.82 Å². The van der Waals surface area contributed by atoms with Gasteiger partial charge in [-0.3, -0.25) is 14.3 Å². The highest BCUT2D eigenvalue weighted by molar-refractivity contribution is 5.81. The molecule has 1 atom stereocenters. The number of fused-ring (bicyclic) bond motifs is 1. The van der Waals surface area contributed by atoms with Crippen LogP contribution < -0.4 is 0 Å². The largest absolute Gasteiger partial charge is 0.340 e. The summed E-state index contributed by atoms with van der Waals surface area (Å²) in [5, 5.41) is 0. The molecule has 0 N–H and O–H groups in total. The van der Waals surface area contributed by atoms with Crippen LogP contribution >= 0.6 is 0 Å². The predicted octanol–water partition coefficient (Wildman–Crippen LogP) is 3.05. The minimum absolute atomic E-state index is 0.223. The van der Waals surface area contributed by atoms with Gasteiger partial charge >= 0.3 is 6.55 Å². The highest BCUT2D eigenvalue weighted by Crippen LogP contribution is 2.33. The van der Waals surface area contributed by atoms with Crippen molar-refractivity contribution in [1.29, 1.82) is 0 Å². The van der Waals surface area contributed by atoms with Crippen LogP contribution in [0, 0.1) is 5.92 Å². The Morgan fingerprint density at radius 3 is 2.48 bits per heavy atom. The lowest BCUT2D eigenvalue weighted by molar-refractivity contribution is -0.134. The Morgan fingerprint density at radius 2 is 1.84 bits per heavy atom. The van der Waals surface area contributed by atoms with Crippen molar-refractivity contribution >= 4 is 16.9 Å². The molecule has 1 aromatic carbocycles. The van der Waals surface area contributed by atoms with Gasteiger partial charge in [0.15, 0.2) is 0 Å². The van der Waals surface area contributed by atoms with Gasteiger partial charge in [0, 0.05) is 32.1 Å². The monoisotopic (exact) mass is 348 g/mol. The molecule has 1 aliphatic heterocycles. The van der Waals surface area contributed by atoms with Crippen LogP contribution in [0.25, 0.3) is 11.0 Å². The molecule has 0 bridgehead atoms. The van der Waals surface area contributed by atoms with E-state index in [-0.39, 0.29) is 17.9 Å². The molecule has 1 aliphatic carbocycles. The van der Waals surface area contributed by atoms with Crippen LogP contribution in [0.2, 0.25) is 0 Å². The van der Waals surface area contributed by atoms with E-state index in [1.807, 2.05) is 17.9 Å². The van der Waals surface area contributed by atoms with E-state index in [0.29, 0.717) is 43.0 Å². The van der Waals surface area contributed by atoms with E-state index >= 15 is 0 Å². The molecule has 0 spiro atoms. The average molecular weight is 348 g/mol. The molecular weight excluding hydrogens is 326 g/mol. The Labute approximate surface area is 145 Å². The molecule has 1 saturated heterocycles. The van der Waals surface area contributed by atoms with Crippen LogP contribution in [-0.4, -0.2) is 51.4 Å². The SMILES string of the molecule is C[C@H](c1nc2ccccc2n1C(F)F)N1CCN(C(=O)C2CC2)CC1. The average Bonchev–Trinajstić information content (AvgIpc) is 3.40. The third kappa shape index (κ3) is 3.01. The summed E-state index contributed by atoms with van der Waals surface area (Å²) in [5.41, 5.74) is 1.05. The third-order valence-corrected chi connectivity index (χ3v) is 5.29. The zero-order valence-corrected chi connectivity index (χ0v) is 14.2. The van der Waals surface area contributed by atoms with E-state index in [0.717, 1.165) is 17.4 Å². The summed E-state index contributed by atoms with van der Waals surface area (Å²) >= 11 is 0. The number of aromatic nitrogens is 2. The zero-order valence-electron chi connectivity index (χ0n) is 14.2. The first-order valence-corrected chi connectivity index (χ1v) is 8.84. The number of halogens is 2. The quantitative estimate of drug-likeness (QED) is 0.853. The van der Waals surface area contributed by atoms with Gasteiger partial charge in [-0.15, -0.1) is 0 Å². The Kier molecular flexibility index (Phi) is 4.19. The van der Waals surface area contributed by atoms with E-state index in [4.69, 9.17) is 0 Å². The molecule has 0 unspecified atom stereocenters. The summed E-state index contributed by atoms with van der Waals surface area (Å²) in [6.07, 6.45) is 2.02. The van der Waals surface area contributed by atoms with Crippen LogP contribution in [0.1, 0.15) is 38.2 Å². The van der Waals surface area contributed by atoms with Crippen molar-refractivity contribution in [2.24, 2.45) is 5.92 Å². The molecule has 2 aromatic rings. The Hall–Kier alpha value is -2.02. The lowest BCUT2D eigenvalue weighted by Gasteiger charge is -2.38. The summed E-state index contributed by atoms with van der Waals surface area (Å²) in [7, 11) is 0. The molecule has 25 heavy (non-hydrogen) atoms. The van der Waals surface area contributed by atoms with Gasteiger partial charge < -0.3 is 4.90 Å². The van der Waals surface area contributed by atoms with Crippen LogP contribution in [-0.2, 0) is 4.79 Å². The molecular formula is C18H22F2N4O. The number of hydrogen-bond acceptors (Lipinski definition) is 3. The summed E-state index contributed by atoms with van der Waals surface area (Å²) in [6.45, 7) is 1.99. The standard InChI is InChI=1S/C18H22F2N4O/c1-12(22-8-10-23(11-9-22)17(25)13-6-7-13)16-21-14-4-2-3-5-15(14)24(16)18(19)20/h2-5,12-13,18H,6-11H2,1H3/t12-/m1/s1. The molecule has 1 aromatic heterocycles. The molecule has 134 valence electrons. The number of nitrogens with zero attached hydrogens (tertiary/aromatic N) is 4. The Bertz CT molecular complexity index is 778. The first-order valence-electron chi connectivity index (χ1n) is 8.84. The van der Waals surface area contributed by atoms with E-state index < -0.39 is 6.55 Å². The normalized spacial score (nSPS) is 20.4. The fraction of sp³-hybridized carbons (Fsp3) is 0.556. The first kappa shape index (κ1) is 16.4. The number of imidazole rings is 1. The Morgan fingerprint density at radius 1 is 1.16 bits per heavy atom. The molecule has 2 heterocycles. The first-order chi connectivity index (χ1) is 12.1. The maximum Gasteiger partial charge on any atom is 0.320 e. The fourth-order valence-corrected chi connectivity index (χ4v) is 3.64. The lowest BCUT2D eigenvalue weighted by Crippen LogP contribution is -2.50. The molecule has 2 fully saturated rings. The summed E-state index contributed by atoms with van der Waals surface area (Å²) in [5.74, 6) is 0.872. The van der Waals surface area contributed by atoms with E-state index in [1.165, 1.54) is 0 Å². The van der Waals surface area contributed by atoms with Gasteiger partial charge in [-0.1, -0.05) is 12.1 Å². The molecule has 5 nitrogen and oxygen atoms in total. The number of para-hydroxylation sites is 2. The van der Waals surface area contributed by atoms with Crippen molar-refractivity contribution < 1.29 is 13.6 Å². The van der Waals surface area contributed by atoms with Crippen molar-refractivity contribution in [2.45, 2.75) is 32.4 Å². The maximum atomic E-state index is 13.6. The topological polar surface area (TPSA) is 41.4 Å². The van der Waals surface area contributed by atoms with Crippen molar-refractivity contribution in [2.75, 3.05) is 26.2 Å². The number of hydrogen-bond donors (Lipinski definition) is 0. The molecule has 7 heteroatoms. The van der Waals surface area contributed by atoms with Gasteiger partial charge in [0.25, 0.3) is 0 Å². The third-order valence-electron chi connectivity index (χ3n) is 5.29. The number of amides is 1. The second-order valence-electron chi connectivity index (χ2n) is 6.92. The van der Waals surface area contributed by atoms with Gasteiger partial charge in [-0.25, -0.2) is 4.98 Å². The van der Waals surface area contributed by atoms with E-state index in [2.05, 4.69) is 9.88 Å². The second kappa shape index (κ2) is 6.37. The lowest BCUT2D eigenvalue weighted by atomic mass is 10.2. The highest BCUT2D eigenvalue weighted by Gasteiger charge is 2.36. The van der Waals surface area contributed by atoms with Crippen molar-refractivity contribution in [3.63, 3.8) is 0 Å². The summed E-state index contributed by atoms with van der Waals surface area (Å²) < 4.78 is 28.3. The predicted molar refractivity (Wildman–Crippen MR) is 90.3 cm³/mol. The minimum Gasteiger partial charge on any atom is -0.340 e. The van der Waals surface area contributed by atoms with Gasteiger partial charge in [0.2, 0.25) is 5.91 Å². The number of alkyl halides is 2. The second-order valence-corrected chi connectivity index (χ2v) is 6.92. The van der Waals surface area contributed by atoms with Crippen molar-refractivity contribution in [1.82, 2.24) is 19.4 Å². The molecule has 2 aliphatic rings. The molecule has 1 amide bonds. The van der Waals surface area contributed by atoms with Crippen LogP contribution in [0.5, 0.6) is 0 Å². The zero-order chi connectivity index (χ0) is 17.6. The fourth-order valence-electron chi connectivity index (χ4n) is 3.64. The minimum atomic E-state index is -2.62. The van der Waals surface area contributed by atoms with Gasteiger partial charge in [-0.2, -0.15) is 8.78 Å². The number of carbonyl (C=O) groups excluding carboxylic acids is 1. The molecule has 0 radical (unpaired) electrons. The van der Waals surface area contributed by atoms with Gasteiger partial charge in [-0.05, 0) is 31.9 Å². The van der Waals surface area contributed by atoms with E-state index in [9.17, 15) is 13.6 Å². The van der Waals surface area contributed by atoms with Gasteiger partial charge in [0.05, 0.1) is 17.1 Å². The molecule has 4 rings (SSSR count). The van der Waals surface area contributed by atoms with Crippen LogP contribution in [0.4, 0.5) is 8.78 Å². The van der Waals surface area contributed by atoms with Crippen molar-refractivity contribution in [3.05, 3.63) is 30.1 Å². The number of carbonyl (C=O) groups is 1.